The topological polar surface area (TPSA) is 64.6 Å². The molecule has 8 heteroatoms. The van der Waals surface area contributed by atoms with E-state index in [9.17, 15) is 9.59 Å². The summed E-state index contributed by atoms with van der Waals surface area (Å²) in [4.78, 5) is 23.3. The highest BCUT2D eigenvalue weighted by molar-refractivity contribution is 14.1. The van der Waals surface area contributed by atoms with Crippen molar-refractivity contribution in [1.29, 1.82) is 0 Å². The first kappa shape index (κ1) is 16.2. The minimum atomic E-state index is -0.423. The van der Waals surface area contributed by atoms with Crippen LogP contribution in [0.25, 0.3) is 6.08 Å². The highest BCUT2D eigenvalue weighted by Crippen LogP contribution is 2.35. The SMILES string of the molecule is COc1cc(/C=C2\SC(=S)NC2=O)cc(I)c1OC(C)=O. The molecule has 1 aromatic rings. The lowest BCUT2D eigenvalue weighted by Gasteiger charge is -2.11. The van der Waals surface area contributed by atoms with Crippen molar-refractivity contribution in [3.63, 3.8) is 0 Å². The van der Waals surface area contributed by atoms with E-state index in [-0.39, 0.29) is 5.91 Å². The van der Waals surface area contributed by atoms with E-state index < -0.39 is 5.97 Å². The molecule has 0 aromatic heterocycles. The zero-order chi connectivity index (χ0) is 15.6. The summed E-state index contributed by atoms with van der Waals surface area (Å²) in [5, 5.41) is 2.55. The molecular weight excluding hydrogens is 425 g/mol. The Morgan fingerprint density at radius 2 is 2.19 bits per heavy atom. The summed E-state index contributed by atoms with van der Waals surface area (Å²) in [6.45, 7) is 1.33. The molecule has 1 aliphatic rings. The summed E-state index contributed by atoms with van der Waals surface area (Å²) in [7, 11) is 1.49. The Balaban J connectivity index is 2.41. The van der Waals surface area contributed by atoms with E-state index in [1.807, 2.05) is 22.6 Å². The smallest absolute Gasteiger partial charge is 0.308 e. The number of amides is 1. The van der Waals surface area contributed by atoms with Gasteiger partial charge in [0.2, 0.25) is 0 Å². The molecule has 0 spiro atoms. The molecule has 5 nitrogen and oxygen atoms in total. The summed E-state index contributed by atoms with van der Waals surface area (Å²) in [6, 6.07) is 3.49. The lowest BCUT2D eigenvalue weighted by Crippen LogP contribution is -2.17. The van der Waals surface area contributed by atoms with Gasteiger partial charge in [-0.3, -0.25) is 9.59 Å². The fraction of sp³-hybridized carbons (Fsp3) is 0.154. The van der Waals surface area contributed by atoms with Gasteiger partial charge in [0.25, 0.3) is 5.91 Å². The second-order valence-corrected chi connectivity index (χ2v) is 6.86. The average Bonchev–Trinajstić information content (AvgIpc) is 2.70. The first-order chi connectivity index (χ1) is 9.90. The number of methoxy groups -OCH3 is 1. The molecule has 1 N–H and O–H groups in total. The zero-order valence-electron chi connectivity index (χ0n) is 11.1. The minimum Gasteiger partial charge on any atom is -0.493 e. The number of carbonyl (C=O) groups excluding carboxylic acids is 2. The number of ether oxygens (including phenoxy) is 2. The minimum absolute atomic E-state index is 0.219. The Bertz CT molecular complexity index is 672. The van der Waals surface area contributed by atoms with Crippen molar-refractivity contribution in [1.82, 2.24) is 5.32 Å². The van der Waals surface area contributed by atoms with Gasteiger partial charge in [-0.1, -0.05) is 24.0 Å². The number of thiocarbonyl (C=S) groups is 1. The molecule has 1 heterocycles. The maximum absolute atomic E-state index is 11.7. The lowest BCUT2D eigenvalue weighted by atomic mass is 10.2. The Morgan fingerprint density at radius 1 is 1.48 bits per heavy atom. The quantitative estimate of drug-likeness (QED) is 0.259. The Labute approximate surface area is 144 Å². The summed E-state index contributed by atoms with van der Waals surface area (Å²) in [6.07, 6.45) is 1.71. The van der Waals surface area contributed by atoms with Crippen LogP contribution in [0.1, 0.15) is 12.5 Å². The van der Waals surface area contributed by atoms with Gasteiger partial charge in [-0.2, -0.15) is 0 Å². The fourth-order valence-electron chi connectivity index (χ4n) is 1.64. The first-order valence-corrected chi connectivity index (χ1v) is 8.02. The maximum atomic E-state index is 11.7. The molecule has 0 aliphatic carbocycles. The van der Waals surface area contributed by atoms with Crippen LogP contribution < -0.4 is 14.8 Å². The summed E-state index contributed by atoms with van der Waals surface area (Å²) in [5.74, 6) is 0.151. The van der Waals surface area contributed by atoms with Gasteiger partial charge in [0.05, 0.1) is 15.6 Å². The Kier molecular flexibility index (Phi) is 5.22. The molecule has 0 unspecified atom stereocenters. The van der Waals surface area contributed by atoms with Crippen molar-refractivity contribution in [2.75, 3.05) is 7.11 Å². The second-order valence-electron chi connectivity index (χ2n) is 3.98. The maximum Gasteiger partial charge on any atom is 0.308 e. The third kappa shape index (κ3) is 3.95. The van der Waals surface area contributed by atoms with E-state index >= 15 is 0 Å². The first-order valence-electron chi connectivity index (χ1n) is 5.71. The van der Waals surface area contributed by atoms with E-state index in [1.165, 1.54) is 25.8 Å². The Hall–Kier alpha value is -1.13. The van der Waals surface area contributed by atoms with Crippen LogP contribution in [0, 0.1) is 3.57 Å². The van der Waals surface area contributed by atoms with Crippen LogP contribution in [0.4, 0.5) is 0 Å². The largest absolute Gasteiger partial charge is 0.493 e. The van der Waals surface area contributed by atoms with Gasteiger partial charge < -0.3 is 14.8 Å². The molecule has 1 amide bonds. The third-order valence-corrected chi connectivity index (χ3v) is 4.40. The van der Waals surface area contributed by atoms with Crippen molar-refractivity contribution in [3.05, 3.63) is 26.2 Å². The standard InChI is InChI=1S/C13H10INO4S2/c1-6(16)19-11-8(14)3-7(4-9(11)18-2)5-10-12(17)15-13(20)21-10/h3-5H,1-2H3,(H,15,17,20)/b10-5-. The van der Waals surface area contributed by atoms with Crippen LogP contribution in [0.2, 0.25) is 0 Å². The van der Waals surface area contributed by atoms with Crippen LogP contribution in [-0.4, -0.2) is 23.3 Å². The van der Waals surface area contributed by atoms with Crippen LogP contribution in [0.5, 0.6) is 11.5 Å². The summed E-state index contributed by atoms with van der Waals surface area (Å²) >= 11 is 8.19. The molecule has 0 bridgehead atoms. The van der Waals surface area contributed by atoms with Crippen molar-refractivity contribution in [3.8, 4) is 11.5 Å². The van der Waals surface area contributed by atoms with Gasteiger partial charge in [-0.05, 0) is 46.4 Å². The zero-order valence-corrected chi connectivity index (χ0v) is 14.8. The Morgan fingerprint density at radius 3 is 2.71 bits per heavy atom. The number of rotatable bonds is 3. The monoisotopic (exact) mass is 435 g/mol. The number of hydrogen-bond acceptors (Lipinski definition) is 6. The van der Waals surface area contributed by atoms with E-state index in [4.69, 9.17) is 21.7 Å². The van der Waals surface area contributed by atoms with Gasteiger partial charge >= 0.3 is 5.97 Å². The van der Waals surface area contributed by atoms with Gasteiger partial charge in [-0.15, -0.1) is 0 Å². The summed E-state index contributed by atoms with van der Waals surface area (Å²) in [5.41, 5.74) is 0.759. The predicted molar refractivity (Wildman–Crippen MR) is 93.3 cm³/mol. The molecule has 1 aliphatic heterocycles. The van der Waals surface area contributed by atoms with E-state index in [0.717, 1.165) is 5.56 Å². The number of halogens is 1. The van der Waals surface area contributed by atoms with Gasteiger partial charge in [0.15, 0.2) is 11.5 Å². The molecular formula is C13H10INO4S2. The van der Waals surface area contributed by atoms with E-state index in [2.05, 4.69) is 5.32 Å². The highest BCUT2D eigenvalue weighted by atomic mass is 127. The van der Waals surface area contributed by atoms with Crippen molar-refractivity contribution >= 4 is 68.8 Å². The summed E-state index contributed by atoms with van der Waals surface area (Å²) < 4.78 is 11.5. The number of benzene rings is 1. The van der Waals surface area contributed by atoms with Gasteiger partial charge in [0, 0.05) is 6.92 Å². The molecule has 0 atom stereocenters. The lowest BCUT2D eigenvalue weighted by molar-refractivity contribution is -0.132. The number of thioether (sulfide) groups is 1. The molecule has 21 heavy (non-hydrogen) atoms. The number of esters is 1. The van der Waals surface area contributed by atoms with Crippen LogP contribution in [0.15, 0.2) is 17.0 Å². The van der Waals surface area contributed by atoms with Crippen molar-refractivity contribution < 1.29 is 19.1 Å². The second kappa shape index (κ2) is 6.75. The number of hydrogen-bond donors (Lipinski definition) is 1. The van der Waals surface area contributed by atoms with Gasteiger partial charge in [0.1, 0.15) is 4.32 Å². The molecule has 0 saturated carbocycles. The van der Waals surface area contributed by atoms with Crippen LogP contribution >= 0.6 is 46.6 Å². The fourth-order valence-corrected chi connectivity index (χ4v) is 3.42. The van der Waals surface area contributed by atoms with Crippen molar-refractivity contribution in [2.24, 2.45) is 0 Å². The molecule has 1 saturated heterocycles. The molecule has 110 valence electrons. The highest BCUT2D eigenvalue weighted by Gasteiger charge is 2.22. The molecule has 1 fully saturated rings. The van der Waals surface area contributed by atoms with Crippen LogP contribution in [-0.2, 0) is 9.59 Å². The normalized spacial score (nSPS) is 16.0. The van der Waals surface area contributed by atoms with Crippen molar-refractivity contribution in [2.45, 2.75) is 6.92 Å². The average molecular weight is 435 g/mol. The van der Waals surface area contributed by atoms with Crippen LogP contribution in [0.3, 0.4) is 0 Å². The predicted octanol–water partition coefficient (Wildman–Crippen LogP) is 2.71. The van der Waals surface area contributed by atoms with Gasteiger partial charge in [-0.25, -0.2) is 0 Å². The number of nitrogens with one attached hydrogen (secondary N) is 1. The van der Waals surface area contributed by atoms with E-state index in [1.54, 1.807) is 18.2 Å². The molecule has 0 radical (unpaired) electrons. The molecule has 2 rings (SSSR count). The molecule has 1 aromatic carbocycles. The third-order valence-electron chi connectivity index (χ3n) is 2.44. The number of carbonyl (C=O) groups is 2. The van der Waals surface area contributed by atoms with E-state index in [0.29, 0.717) is 24.3 Å².